The van der Waals surface area contributed by atoms with Crippen LogP contribution in [-0.4, -0.2) is 16.3 Å². The molecule has 2 aromatic rings. The van der Waals surface area contributed by atoms with Crippen molar-refractivity contribution in [2.45, 2.75) is 0 Å². The molecule has 3 heteroatoms. The molecular formula is C11H8N2O. The zero-order chi connectivity index (χ0) is 9.80. The van der Waals surface area contributed by atoms with Crippen LogP contribution in [0.4, 0.5) is 0 Å². The van der Waals surface area contributed by atoms with Crippen molar-refractivity contribution in [1.29, 1.82) is 0 Å². The SMILES string of the molecule is O=Cc1ccncc1-c1cccnc1. The summed E-state index contributed by atoms with van der Waals surface area (Å²) in [6.45, 7) is 0. The van der Waals surface area contributed by atoms with Gasteiger partial charge in [-0.2, -0.15) is 0 Å². The van der Waals surface area contributed by atoms with Crippen LogP contribution in [0.1, 0.15) is 10.4 Å². The van der Waals surface area contributed by atoms with E-state index in [4.69, 9.17) is 0 Å². The Morgan fingerprint density at radius 2 is 1.93 bits per heavy atom. The second-order valence-corrected chi connectivity index (χ2v) is 2.82. The molecule has 0 aliphatic rings. The fourth-order valence-electron chi connectivity index (χ4n) is 1.27. The molecule has 68 valence electrons. The predicted molar refractivity (Wildman–Crippen MR) is 52.9 cm³/mol. The van der Waals surface area contributed by atoms with E-state index in [1.165, 1.54) is 0 Å². The Morgan fingerprint density at radius 3 is 2.64 bits per heavy atom. The maximum absolute atomic E-state index is 10.8. The number of hydrogen-bond acceptors (Lipinski definition) is 3. The number of carbonyl (C=O) groups excluding carboxylic acids is 1. The summed E-state index contributed by atoms with van der Waals surface area (Å²) in [5.41, 5.74) is 2.35. The second kappa shape index (κ2) is 3.79. The van der Waals surface area contributed by atoms with E-state index in [-0.39, 0.29) is 0 Å². The summed E-state index contributed by atoms with van der Waals surface area (Å²) in [5, 5.41) is 0. The van der Waals surface area contributed by atoms with Crippen LogP contribution >= 0.6 is 0 Å². The molecule has 3 nitrogen and oxygen atoms in total. The van der Waals surface area contributed by atoms with Gasteiger partial charge in [-0.25, -0.2) is 0 Å². The van der Waals surface area contributed by atoms with Crippen molar-refractivity contribution in [3.63, 3.8) is 0 Å². The molecule has 0 fully saturated rings. The van der Waals surface area contributed by atoms with Crippen molar-refractivity contribution in [2.75, 3.05) is 0 Å². The summed E-state index contributed by atoms with van der Waals surface area (Å²) in [5.74, 6) is 0. The topological polar surface area (TPSA) is 42.9 Å². The zero-order valence-electron chi connectivity index (χ0n) is 7.42. The third kappa shape index (κ3) is 1.52. The molecule has 0 atom stereocenters. The first kappa shape index (κ1) is 8.56. The van der Waals surface area contributed by atoms with Gasteiger partial charge in [-0.1, -0.05) is 6.07 Å². The Bertz CT molecular complexity index is 440. The second-order valence-electron chi connectivity index (χ2n) is 2.82. The maximum Gasteiger partial charge on any atom is 0.150 e. The van der Waals surface area contributed by atoms with Crippen LogP contribution in [0.5, 0.6) is 0 Å². The Kier molecular flexibility index (Phi) is 2.32. The molecule has 14 heavy (non-hydrogen) atoms. The number of aldehydes is 1. The first-order valence-corrected chi connectivity index (χ1v) is 4.21. The standard InChI is InChI=1S/C11H8N2O/c14-8-10-3-5-13-7-11(10)9-2-1-4-12-6-9/h1-8H. The van der Waals surface area contributed by atoms with Gasteiger partial charge in [0.25, 0.3) is 0 Å². The van der Waals surface area contributed by atoms with Crippen LogP contribution in [0.2, 0.25) is 0 Å². The van der Waals surface area contributed by atoms with E-state index in [1.54, 1.807) is 30.9 Å². The summed E-state index contributed by atoms with van der Waals surface area (Å²) in [7, 11) is 0. The van der Waals surface area contributed by atoms with Crippen molar-refractivity contribution in [2.24, 2.45) is 0 Å². The average Bonchev–Trinajstić information content (AvgIpc) is 2.30. The quantitative estimate of drug-likeness (QED) is 0.670. The normalized spacial score (nSPS) is 9.71. The van der Waals surface area contributed by atoms with Gasteiger partial charge in [-0.15, -0.1) is 0 Å². The summed E-state index contributed by atoms with van der Waals surface area (Å²) in [6.07, 6.45) is 7.50. The summed E-state index contributed by atoms with van der Waals surface area (Å²) in [4.78, 5) is 18.7. The minimum absolute atomic E-state index is 0.632. The molecule has 0 aliphatic heterocycles. The van der Waals surface area contributed by atoms with Crippen LogP contribution in [0, 0.1) is 0 Å². The first-order valence-electron chi connectivity index (χ1n) is 4.21. The van der Waals surface area contributed by atoms with Crippen LogP contribution in [0.3, 0.4) is 0 Å². The van der Waals surface area contributed by atoms with Crippen molar-refractivity contribution in [3.05, 3.63) is 48.5 Å². The fraction of sp³-hybridized carbons (Fsp3) is 0. The van der Waals surface area contributed by atoms with Gasteiger partial charge >= 0.3 is 0 Å². The molecule has 0 aliphatic carbocycles. The number of hydrogen-bond donors (Lipinski definition) is 0. The van der Waals surface area contributed by atoms with Gasteiger partial charge in [0.05, 0.1) is 0 Å². The van der Waals surface area contributed by atoms with Gasteiger partial charge in [0.2, 0.25) is 0 Å². The molecular weight excluding hydrogens is 176 g/mol. The van der Waals surface area contributed by atoms with Gasteiger partial charge in [0, 0.05) is 41.5 Å². The number of carbonyl (C=O) groups is 1. The van der Waals surface area contributed by atoms with E-state index in [2.05, 4.69) is 9.97 Å². The van der Waals surface area contributed by atoms with Gasteiger partial charge < -0.3 is 0 Å². The molecule has 2 rings (SSSR count). The molecule has 0 radical (unpaired) electrons. The summed E-state index contributed by atoms with van der Waals surface area (Å²) >= 11 is 0. The molecule has 0 saturated heterocycles. The number of rotatable bonds is 2. The molecule has 0 bridgehead atoms. The average molecular weight is 184 g/mol. The molecule has 0 saturated carbocycles. The summed E-state index contributed by atoms with van der Waals surface area (Å²) in [6, 6.07) is 5.42. The van der Waals surface area contributed by atoms with Crippen LogP contribution in [-0.2, 0) is 0 Å². The van der Waals surface area contributed by atoms with Crippen LogP contribution in [0.15, 0.2) is 43.0 Å². The molecule has 0 spiro atoms. The Hall–Kier alpha value is -2.03. The number of nitrogens with zero attached hydrogens (tertiary/aromatic N) is 2. The molecule has 0 N–H and O–H groups in total. The highest BCUT2D eigenvalue weighted by molar-refractivity contribution is 5.86. The van der Waals surface area contributed by atoms with Crippen molar-refractivity contribution < 1.29 is 4.79 Å². The highest BCUT2D eigenvalue weighted by Crippen LogP contribution is 2.19. The highest BCUT2D eigenvalue weighted by Gasteiger charge is 2.02. The van der Waals surface area contributed by atoms with Crippen LogP contribution < -0.4 is 0 Å². The maximum atomic E-state index is 10.8. The lowest BCUT2D eigenvalue weighted by atomic mass is 10.1. The number of aromatic nitrogens is 2. The lowest BCUT2D eigenvalue weighted by Gasteiger charge is -2.02. The molecule has 0 aromatic carbocycles. The van der Waals surface area contributed by atoms with Gasteiger partial charge in [-0.05, 0) is 12.1 Å². The van der Waals surface area contributed by atoms with Crippen molar-refractivity contribution in [3.8, 4) is 11.1 Å². The predicted octanol–water partition coefficient (Wildman–Crippen LogP) is 1.96. The monoisotopic (exact) mass is 184 g/mol. The molecule has 2 aromatic heterocycles. The fourth-order valence-corrected chi connectivity index (χ4v) is 1.27. The van der Waals surface area contributed by atoms with E-state index in [0.717, 1.165) is 17.4 Å². The minimum Gasteiger partial charge on any atom is -0.298 e. The Morgan fingerprint density at radius 1 is 1.07 bits per heavy atom. The molecule has 0 unspecified atom stereocenters. The third-order valence-corrected chi connectivity index (χ3v) is 1.95. The number of pyridine rings is 2. The van der Waals surface area contributed by atoms with Gasteiger partial charge in [0.1, 0.15) is 0 Å². The van der Waals surface area contributed by atoms with E-state index in [1.807, 2.05) is 12.1 Å². The lowest BCUT2D eigenvalue weighted by molar-refractivity contribution is 0.112. The smallest absolute Gasteiger partial charge is 0.150 e. The Balaban J connectivity index is 2.57. The van der Waals surface area contributed by atoms with E-state index in [0.29, 0.717) is 5.56 Å². The first-order chi connectivity index (χ1) is 6.92. The molecule has 0 amide bonds. The van der Waals surface area contributed by atoms with E-state index in [9.17, 15) is 4.79 Å². The van der Waals surface area contributed by atoms with E-state index < -0.39 is 0 Å². The third-order valence-electron chi connectivity index (χ3n) is 1.95. The summed E-state index contributed by atoms with van der Waals surface area (Å²) < 4.78 is 0. The highest BCUT2D eigenvalue weighted by atomic mass is 16.1. The Labute approximate surface area is 81.5 Å². The lowest BCUT2D eigenvalue weighted by Crippen LogP contribution is -1.88. The van der Waals surface area contributed by atoms with E-state index >= 15 is 0 Å². The van der Waals surface area contributed by atoms with Crippen molar-refractivity contribution in [1.82, 2.24) is 9.97 Å². The largest absolute Gasteiger partial charge is 0.298 e. The molecule has 2 heterocycles. The van der Waals surface area contributed by atoms with Gasteiger partial charge in [-0.3, -0.25) is 14.8 Å². The van der Waals surface area contributed by atoms with Crippen molar-refractivity contribution >= 4 is 6.29 Å². The minimum atomic E-state index is 0.632. The van der Waals surface area contributed by atoms with Gasteiger partial charge in [0.15, 0.2) is 6.29 Å². The van der Waals surface area contributed by atoms with Crippen LogP contribution in [0.25, 0.3) is 11.1 Å². The zero-order valence-corrected chi connectivity index (χ0v) is 7.42.